The molecule has 0 atom stereocenters. The van der Waals surface area contributed by atoms with Gasteiger partial charge in [0, 0.05) is 0 Å². The third-order valence-electron chi connectivity index (χ3n) is 0. The summed E-state index contributed by atoms with van der Waals surface area (Å²) >= 11 is 0. The van der Waals surface area contributed by atoms with E-state index < -0.39 is 0 Å². The van der Waals surface area contributed by atoms with E-state index in [1.165, 1.54) is 0 Å². The molecule has 0 rings (SSSR count). The van der Waals surface area contributed by atoms with Gasteiger partial charge in [-0.05, 0) is 0 Å². The molecule has 0 aliphatic rings. The first-order valence-electron chi connectivity index (χ1n) is 0. The van der Waals surface area contributed by atoms with E-state index in [0.29, 0.717) is 0 Å². The molecule has 0 aromatic carbocycles. The average molecular weight is 319 g/mol. The molecule has 0 saturated heterocycles. The van der Waals surface area contributed by atoms with Crippen molar-refractivity contribution in [2.45, 2.75) is 0 Å². The van der Waals surface area contributed by atoms with Crippen LogP contribution >= 0.6 is 0 Å². The number of rotatable bonds is 0. The molecule has 0 unspecified atom stereocenters. The predicted octanol–water partition coefficient (Wildman–Crippen LogP) is -2.48. The van der Waals surface area contributed by atoms with Crippen LogP contribution in [0.15, 0.2) is 0 Å². The molecule has 0 aromatic heterocycles. The van der Waals surface area contributed by atoms with Gasteiger partial charge in [0.15, 0.2) is 17.4 Å². The number of hydrogen-bond acceptors (Lipinski definition) is 0. The Morgan fingerprint density at radius 2 is 1.20 bits per heavy atom. The zero-order chi connectivity index (χ0) is 0. The monoisotopic (exact) mass is 320 g/mol. The Balaban J connectivity index is 0. The minimum absolute atomic E-state index is 0. The van der Waals surface area contributed by atoms with Gasteiger partial charge in [-0.2, -0.15) is 0 Å². The van der Waals surface area contributed by atoms with E-state index in [2.05, 4.69) is 0 Å². The van der Waals surface area contributed by atoms with Gasteiger partial charge in [-0.1, -0.05) is 0 Å². The molecule has 0 aliphatic heterocycles. The first kappa shape index (κ1) is 32.9. The Labute approximate surface area is 159 Å². The number of hydrogen-bond donors (Lipinski definition) is 0. The normalized spacial score (nSPS) is 0. The van der Waals surface area contributed by atoms with Crippen molar-refractivity contribution < 1.29 is 14.0 Å². The van der Waals surface area contributed by atoms with Crippen molar-refractivity contribution in [1.29, 1.82) is 0 Å². The van der Waals surface area contributed by atoms with E-state index in [1.807, 2.05) is 0 Å². The van der Waals surface area contributed by atoms with Crippen LogP contribution in [0.3, 0.4) is 0 Å². The molecular weight excluding hydrogens is 308 g/mol. The van der Waals surface area contributed by atoms with Gasteiger partial charge >= 0.3 is 132 Å². The van der Waals surface area contributed by atoms with Crippen LogP contribution in [-0.2, 0) is 0 Å². The molecule has 0 bridgehead atoms. The van der Waals surface area contributed by atoms with Crippen LogP contribution < -0.4 is 0 Å². The van der Waals surface area contributed by atoms with Crippen LogP contribution in [0.1, 0.15) is 8.56 Å². The SMILES string of the molecule is O.[AlH3].[Ba+2].[Ca+2].[H-].[H-].[H-].[H-].[H-].[H-].[Sr+2]. The molecule has 0 saturated carbocycles. The molecule has 5 heavy (non-hydrogen) atoms. The van der Waals surface area contributed by atoms with Gasteiger partial charge in [-0.15, -0.1) is 0 Å². The van der Waals surface area contributed by atoms with Gasteiger partial charge in [0.1, 0.15) is 0 Å². The Kier molecular flexibility index (Phi) is 153. The van der Waals surface area contributed by atoms with Crippen LogP contribution in [0, 0.1) is 0 Å². The quantitative estimate of drug-likeness (QED) is 0.443. The molecule has 0 aliphatic carbocycles. The van der Waals surface area contributed by atoms with Crippen LogP contribution in [0.25, 0.3) is 0 Å². The van der Waals surface area contributed by atoms with E-state index in [4.69, 9.17) is 0 Å². The molecule has 0 fully saturated rings. The van der Waals surface area contributed by atoms with Crippen molar-refractivity contribution in [3.8, 4) is 0 Å². The van der Waals surface area contributed by atoms with Gasteiger partial charge in [0.25, 0.3) is 0 Å². The second kappa shape index (κ2) is 23.2. The Morgan fingerprint density at radius 3 is 1.20 bits per heavy atom. The predicted molar refractivity (Wildman–Crippen MR) is 37.5 cm³/mol. The first-order valence-corrected chi connectivity index (χ1v) is 0. The summed E-state index contributed by atoms with van der Waals surface area (Å²) in [7, 11) is 0. The Hall–Kier alpha value is 4.80. The van der Waals surface area contributed by atoms with E-state index in [-0.39, 0.29) is 163 Å². The summed E-state index contributed by atoms with van der Waals surface area (Å²) in [5.41, 5.74) is 0. The summed E-state index contributed by atoms with van der Waals surface area (Å²) < 4.78 is 0. The molecule has 0 radical (unpaired) electrons. The molecule has 0 spiro atoms. The summed E-state index contributed by atoms with van der Waals surface area (Å²) in [6.07, 6.45) is 0. The van der Waals surface area contributed by atoms with Crippen molar-refractivity contribution in [3.05, 3.63) is 0 Å². The van der Waals surface area contributed by atoms with Crippen molar-refractivity contribution >= 4 is 149 Å². The maximum absolute atomic E-state index is 0. The molecule has 0 heterocycles. The van der Waals surface area contributed by atoms with E-state index >= 15 is 0 Å². The Bertz CT molecular complexity index is 22.5. The van der Waals surface area contributed by atoms with Crippen molar-refractivity contribution in [1.82, 2.24) is 0 Å². The van der Waals surface area contributed by atoms with Crippen molar-refractivity contribution in [2.24, 2.45) is 0 Å². The summed E-state index contributed by atoms with van der Waals surface area (Å²) in [5, 5.41) is 0. The van der Waals surface area contributed by atoms with Crippen LogP contribution in [0.2, 0.25) is 0 Å². The fourth-order valence-corrected chi connectivity index (χ4v) is 0. The second-order valence-electron chi connectivity index (χ2n) is 0. The Morgan fingerprint density at radius 1 is 1.20 bits per heavy atom. The zero-order valence-corrected chi connectivity index (χ0v) is 12.7. The van der Waals surface area contributed by atoms with Crippen LogP contribution in [-0.4, -0.2) is 155 Å². The maximum Gasteiger partial charge on any atom is 2.00 e. The van der Waals surface area contributed by atoms with Crippen molar-refractivity contribution in [3.63, 3.8) is 0 Å². The molecule has 26 valence electrons. The zero-order valence-electron chi connectivity index (χ0n) is 8.62. The van der Waals surface area contributed by atoms with Gasteiger partial charge in [0.05, 0.1) is 0 Å². The molecular formula is H11AlBaCaOSr. The average Bonchev–Trinajstić information content (AvgIpc) is 0. The first-order chi connectivity index (χ1) is 0. The summed E-state index contributed by atoms with van der Waals surface area (Å²) in [5.74, 6) is 0. The van der Waals surface area contributed by atoms with E-state index in [0.717, 1.165) is 0 Å². The summed E-state index contributed by atoms with van der Waals surface area (Å²) in [4.78, 5) is 0. The minimum Gasteiger partial charge on any atom is -1.00 e. The van der Waals surface area contributed by atoms with E-state index in [9.17, 15) is 0 Å². The maximum atomic E-state index is 0. The minimum atomic E-state index is 0. The third-order valence-corrected chi connectivity index (χ3v) is 0. The molecule has 0 aromatic rings. The van der Waals surface area contributed by atoms with Crippen LogP contribution in [0.5, 0.6) is 0 Å². The molecule has 5 heteroatoms. The van der Waals surface area contributed by atoms with E-state index in [1.54, 1.807) is 0 Å². The van der Waals surface area contributed by atoms with Gasteiger partial charge in [-0.3, -0.25) is 0 Å². The molecule has 1 nitrogen and oxygen atoms in total. The second-order valence-corrected chi connectivity index (χ2v) is 0. The molecule has 2 N–H and O–H groups in total. The third kappa shape index (κ3) is 17.7. The standard InChI is InChI=1S/Al.Ba.Ca.H2O.Sr.9H/h;;;1H2;;;;;;;;;;/q;2*+2;;+2;;;;6*-1. The fourth-order valence-electron chi connectivity index (χ4n) is 0. The largest absolute Gasteiger partial charge is 2.00 e. The molecule has 0 amide bonds. The van der Waals surface area contributed by atoms with Crippen LogP contribution in [0.4, 0.5) is 0 Å². The van der Waals surface area contributed by atoms with Gasteiger partial charge in [-0.25, -0.2) is 0 Å². The van der Waals surface area contributed by atoms with Gasteiger partial charge < -0.3 is 14.0 Å². The summed E-state index contributed by atoms with van der Waals surface area (Å²) in [6, 6.07) is 0. The van der Waals surface area contributed by atoms with Crippen molar-refractivity contribution in [2.75, 3.05) is 0 Å². The fraction of sp³-hybridized carbons (Fsp3) is 0. The topological polar surface area (TPSA) is 31.5 Å². The smallest absolute Gasteiger partial charge is 1.00 e. The van der Waals surface area contributed by atoms with Gasteiger partial charge in [0.2, 0.25) is 0 Å². The summed E-state index contributed by atoms with van der Waals surface area (Å²) in [6.45, 7) is 0.